The zero-order chi connectivity index (χ0) is 17.6. The van der Waals surface area contributed by atoms with E-state index in [-0.39, 0.29) is 24.3 Å². The second kappa shape index (κ2) is 6.15. The van der Waals surface area contributed by atoms with Gasteiger partial charge in [-0.15, -0.1) is 0 Å². The number of nitrogens with one attached hydrogen (secondary N) is 1. The number of ether oxygens (including phenoxy) is 2. The van der Waals surface area contributed by atoms with Gasteiger partial charge in [-0.2, -0.15) is 0 Å². The molecule has 3 aliphatic rings. The van der Waals surface area contributed by atoms with E-state index in [0.29, 0.717) is 43.4 Å². The van der Waals surface area contributed by atoms with Gasteiger partial charge in [-0.05, 0) is 30.2 Å². The zero-order valence-electron chi connectivity index (χ0n) is 14.0. The SMILES string of the molecule is C[C@@H]1COC[C@H]1Oc1ccc2c(c1)CN(C1CCC(=O)NC1=O)C2=O. The predicted octanol–water partition coefficient (Wildman–Crippen LogP) is 0.861. The number of amides is 3. The third-order valence-corrected chi connectivity index (χ3v) is 5.08. The van der Waals surface area contributed by atoms with Crippen LogP contribution in [0.4, 0.5) is 0 Å². The number of nitrogens with zero attached hydrogens (tertiary/aromatic N) is 1. The number of rotatable bonds is 3. The first kappa shape index (κ1) is 16.1. The molecule has 0 bridgehead atoms. The maximum atomic E-state index is 12.6. The number of benzene rings is 1. The van der Waals surface area contributed by atoms with E-state index in [1.54, 1.807) is 12.1 Å². The maximum absolute atomic E-state index is 12.6. The van der Waals surface area contributed by atoms with Crippen LogP contribution in [0.3, 0.4) is 0 Å². The molecule has 3 atom stereocenters. The Morgan fingerprint density at radius 1 is 1.24 bits per heavy atom. The van der Waals surface area contributed by atoms with Crippen LogP contribution >= 0.6 is 0 Å². The van der Waals surface area contributed by atoms with Gasteiger partial charge >= 0.3 is 0 Å². The minimum absolute atomic E-state index is 0.0152. The second-order valence-electron chi connectivity index (χ2n) is 6.89. The highest BCUT2D eigenvalue weighted by Crippen LogP contribution is 2.31. The molecule has 132 valence electrons. The van der Waals surface area contributed by atoms with Gasteiger partial charge in [0, 0.05) is 24.4 Å². The molecule has 1 N–H and O–H groups in total. The van der Waals surface area contributed by atoms with Crippen molar-refractivity contribution in [1.82, 2.24) is 10.2 Å². The average molecular weight is 344 g/mol. The quantitative estimate of drug-likeness (QED) is 0.822. The van der Waals surface area contributed by atoms with Gasteiger partial charge in [0.2, 0.25) is 11.8 Å². The Hall–Kier alpha value is -2.41. The normalized spacial score (nSPS) is 28.9. The van der Waals surface area contributed by atoms with E-state index in [1.807, 2.05) is 6.07 Å². The van der Waals surface area contributed by atoms with E-state index in [9.17, 15) is 14.4 Å². The largest absolute Gasteiger partial charge is 0.488 e. The van der Waals surface area contributed by atoms with E-state index < -0.39 is 11.9 Å². The molecule has 25 heavy (non-hydrogen) atoms. The van der Waals surface area contributed by atoms with E-state index in [4.69, 9.17) is 9.47 Å². The van der Waals surface area contributed by atoms with Crippen molar-refractivity contribution in [3.63, 3.8) is 0 Å². The molecule has 3 amide bonds. The standard InChI is InChI=1S/C18H20N2O5/c1-10-8-24-9-15(10)25-12-2-3-13-11(6-12)7-20(18(13)23)14-4-5-16(21)19-17(14)22/h2-3,6,10,14-15H,4-5,7-9H2,1H3,(H,19,21,22)/t10-,14?,15-/m1/s1. The maximum Gasteiger partial charge on any atom is 0.255 e. The van der Waals surface area contributed by atoms with E-state index in [0.717, 1.165) is 5.56 Å². The smallest absolute Gasteiger partial charge is 0.255 e. The molecule has 0 radical (unpaired) electrons. The minimum atomic E-state index is -0.592. The molecule has 0 saturated carbocycles. The Morgan fingerprint density at radius 3 is 2.80 bits per heavy atom. The summed E-state index contributed by atoms with van der Waals surface area (Å²) in [7, 11) is 0. The molecule has 2 fully saturated rings. The summed E-state index contributed by atoms with van der Waals surface area (Å²) in [5.41, 5.74) is 1.44. The third kappa shape index (κ3) is 2.89. The molecule has 1 aromatic rings. The number of carbonyl (C=O) groups excluding carboxylic acids is 3. The lowest BCUT2D eigenvalue weighted by atomic mass is 10.0. The molecule has 0 aromatic heterocycles. The number of hydrogen-bond donors (Lipinski definition) is 1. The molecule has 0 spiro atoms. The lowest BCUT2D eigenvalue weighted by molar-refractivity contribution is -0.136. The molecule has 3 aliphatic heterocycles. The second-order valence-corrected chi connectivity index (χ2v) is 6.89. The molecule has 0 aliphatic carbocycles. The average Bonchev–Trinajstić information content (AvgIpc) is 3.12. The van der Waals surface area contributed by atoms with Crippen LogP contribution in [0, 0.1) is 5.92 Å². The Balaban J connectivity index is 1.51. The molecular formula is C18H20N2O5. The molecular weight excluding hydrogens is 324 g/mol. The fourth-order valence-electron chi connectivity index (χ4n) is 3.59. The summed E-state index contributed by atoms with van der Waals surface area (Å²) >= 11 is 0. The number of hydrogen-bond acceptors (Lipinski definition) is 5. The minimum Gasteiger partial charge on any atom is -0.488 e. The summed E-state index contributed by atoms with van der Waals surface area (Å²) in [4.78, 5) is 37.5. The van der Waals surface area contributed by atoms with Crippen molar-refractivity contribution in [2.45, 2.75) is 38.5 Å². The Kier molecular flexibility index (Phi) is 3.95. The highest BCUT2D eigenvalue weighted by Gasteiger charge is 2.39. The molecule has 2 saturated heterocycles. The van der Waals surface area contributed by atoms with Crippen molar-refractivity contribution in [2.24, 2.45) is 5.92 Å². The molecule has 1 aromatic carbocycles. The number of fused-ring (bicyclic) bond motifs is 1. The first-order valence-corrected chi connectivity index (χ1v) is 8.55. The number of piperidine rings is 1. The summed E-state index contributed by atoms with van der Waals surface area (Å²) in [5.74, 6) is 0.183. The zero-order valence-corrected chi connectivity index (χ0v) is 14.0. The van der Waals surface area contributed by atoms with Crippen LogP contribution in [-0.4, -0.2) is 48.0 Å². The summed E-state index contributed by atoms with van der Waals surface area (Å²) in [5, 5.41) is 2.31. The highest BCUT2D eigenvalue weighted by atomic mass is 16.5. The Bertz CT molecular complexity index is 747. The van der Waals surface area contributed by atoms with Crippen LogP contribution in [0.15, 0.2) is 18.2 Å². The van der Waals surface area contributed by atoms with E-state index in [1.165, 1.54) is 4.90 Å². The summed E-state index contributed by atoms with van der Waals surface area (Å²) in [6.45, 7) is 3.70. The van der Waals surface area contributed by atoms with Gasteiger partial charge in [0.1, 0.15) is 17.9 Å². The van der Waals surface area contributed by atoms with Crippen LogP contribution in [0.5, 0.6) is 5.75 Å². The lowest BCUT2D eigenvalue weighted by Crippen LogP contribution is -2.52. The van der Waals surface area contributed by atoms with Crippen LogP contribution < -0.4 is 10.1 Å². The third-order valence-electron chi connectivity index (χ3n) is 5.08. The van der Waals surface area contributed by atoms with Crippen molar-refractivity contribution in [3.8, 4) is 5.75 Å². The van der Waals surface area contributed by atoms with Gasteiger partial charge in [0.15, 0.2) is 0 Å². The van der Waals surface area contributed by atoms with Crippen LogP contribution in [0.1, 0.15) is 35.7 Å². The fraction of sp³-hybridized carbons (Fsp3) is 0.500. The molecule has 7 heteroatoms. The predicted molar refractivity (Wildman–Crippen MR) is 86.9 cm³/mol. The Morgan fingerprint density at radius 2 is 2.08 bits per heavy atom. The lowest BCUT2D eigenvalue weighted by Gasteiger charge is -2.29. The van der Waals surface area contributed by atoms with Gasteiger partial charge in [0.25, 0.3) is 5.91 Å². The van der Waals surface area contributed by atoms with Crippen LogP contribution in [0.2, 0.25) is 0 Å². The van der Waals surface area contributed by atoms with Crippen molar-refractivity contribution in [1.29, 1.82) is 0 Å². The van der Waals surface area contributed by atoms with Crippen molar-refractivity contribution in [3.05, 3.63) is 29.3 Å². The van der Waals surface area contributed by atoms with E-state index >= 15 is 0 Å². The van der Waals surface area contributed by atoms with Crippen LogP contribution in [-0.2, 0) is 20.9 Å². The van der Waals surface area contributed by atoms with Gasteiger partial charge in [-0.1, -0.05) is 6.92 Å². The van der Waals surface area contributed by atoms with Gasteiger partial charge in [0.05, 0.1) is 13.2 Å². The molecule has 3 heterocycles. The van der Waals surface area contributed by atoms with Gasteiger partial charge in [-0.3, -0.25) is 19.7 Å². The summed E-state index contributed by atoms with van der Waals surface area (Å²) in [6.07, 6.45) is 0.635. The molecule has 1 unspecified atom stereocenters. The number of imide groups is 1. The van der Waals surface area contributed by atoms with Gasteiger partial charge < -0.3 is 14.4 Å². The van der Waals surface area contributed by atoms with Gasteiger partial charge in [-0.25, -0.2) is 0 Å². The summed E-state index contributed by atoms with van der Waals surface area (Å²) < 4.78 is 11.4. The molecule has 7 nitrogen and oxygen atoms in total. The number of carbonyl (C=O) groups is 3. The van der Waals surface area contributed by atoms with Crippen molar-refractivity contribution in [2.75, 3.05) is 13.2 Å². The highest BCUT2D eigenvalue weighted by molar-refractivity contribution is 6.05. The Labute approximate surface area is 145 Å². The van der Waals surface area contributed by atoms with Crippen molar-refractivity contribution >= 4 is 17.7 Å². The fourth-order valence-corrected chi connectivity index (χ4v) is 3.59. The first-order valence-electron chi connectivity index (χ1n) is 8.55. The monoisotopic (exact) mass is 344 g/mol. The van der Waals surface area contributed by atoms with Crippen LogP contribution in [0.25, 0.3) is 0 Å². The molecule has 4 rings (SSSR count). The van der Waals surface area contributed by atoms with E-state index in [2.05, 4.69) is 12.2 Å². The topological polar surface area (TPSA) is 84.9 Å². The summed E-state index contributed by atoms with van der Waals surface area (Å²) in [6, 6.07) is 4.81. The van der Waals surface area contributed by atoms with Crippen molar-refractivity contribution < 1.29 is 23.9 Å². The first-order chi connectivity index (χ1) is 12.0.